The SMILES string of the molecule is Cc1cc(C)c(C(=O)c2ccc(C)c(Cl)c2)c(F)c1. The average Bonchev–Trinajstić information content (AvgIpc) is 2.31. The van der Waals surface area contributed by atoms with Gasteiger partial charge in [0.25, 0.3) is 0 Å². The Kier molecular flexibility index (Phi) is 3.72. The maximum atomic E-state index is 14.0. The predicted molar refractivity (Wildman–Crippen MR) is 75.5 cm³/mol. The first-order valence-corrected chi connectivity index (χ1v) is 6.35. The lowest BCUT2D eigenvalue weighted by atomic mass is 9.96. The molecule has 98 valence electrons. The second-order valence-corrected chi connectivity index (χ2v) is 5.14. The number of rotatable bonds is 2. The zero-order valence-corrected chi connectivity index (χ0v) is 11.8. The van der Waals surface area contributed by atoms with Gasteiger partial charge in [0, 0.05) is 10.6 Å². The summed E-state index contributed by atoms with van der Waals surface area (Å²) >= 11 is 6.00. The summed E-state index contributed by atoms with van der Waals surface area (Å²) < 4.78 is 14.0. The van der Waals surface area contributed by atoms with Gasteiger partial charge in [0.2, 0.25) is 0 Å². The highest BCUT2D eigenvalue weighted by Gasteiger charge is 2.17. The summed E-state index contributed by atoms with van der Waals surface area (Å²) in [6.07, 6.45) is 0. The minimum absolute atomic E-state index is 0.116. The fourth-order valence-corrected chi connectivity index (χ4v) is 2.26. The fraction of sp³-hybridized carbons (Fsp3) is 0.188. The molecule has 2 rings (SSSR count). The molecule has 2 aromatic rings. The van der Waals surface area contributed by atoms with Gasteiger partial charge in [-0.25, -0.2) is 4.39 Å². The van der Waals surface area contributed by atoms with Crippen LogP contribution in [0.2, 0.25) is 5.02 Å². The van der Waals surface area contributed by atoms with Crippen LogP contribution in [0.3, 0.4) is 0 Å². The lowest BCUT2D eigenvalue weighted by Crippen LogP contribution is -2.07. The molecule has 0 heterocycles. The van der Waals surface area contributed by atoms with Crippen LogP contribution in [-0.4, -0.2) is 5.78 Å². The van der Waals surface area contributed by atoms with Gasteiger partial charge in [-0.1, -0.05) is 29.8 Å². The first kappa shape index (κ1) is 13.8. The van der Waals surface area contributed by atoms with Crippen LogP contribution in [-0.2, 0) is 0 Å². The summed E-state index contributed by atoms with van der Waals surface area (Å²) in [5, 5.41) is 0.510. The van der Waals surface area contributed by atoms with Crippen LogP contribution >= 0.6 is 11.6 Å². The van der Waals surface area contributed by atoms with Gasteiger partial charge in [-0.2, -0.15) is 0 Å². The number of carbonyl (C=O) groups excluding carboxylic acids is 1. The molecule has 0 unspecified atom stereocenters. The molecule has 0 atom stereocenters. The molecule has 0 saturated carbocycles. The van der Waals surface area contributed by atoms with E-state index in [2.05, 4.69) is 0 Å². The minimum atomic E-state index is -0.487. The van der Waals surface area contributed by atoms with Crippen LogP contribution in [0, 0.1) is 26.6 Å². The van der Waals surface area contributed by atoms with Crippen molar-refractivity contribution >= 4 is 17.4 Å². The number of carbonyl (C=O) groups is 1. The third-order valence-electron chi connectivity index (χ3n) is 3.09. The summed E-state index contributed by atoms with van der Waals surface area (Å²) in [6, 6.07) is 8.18. The molecule has 0 radical (unpaired) electrons. The smallest absolute Gasteiger partial charge is 0.196 e. The van der Waals surface area contributed by atoms with E-state index in [-0.39, 0.29) is 11.3 Å². The van der Waals surface area contributed by atoms with Gasteiger partial charge in [-0.15, -0.1) is 0 Å². The fourth-order valence-electron chi connectivity index (χ4n) is 2.08. The van der Waals surface area contributed by atoms with E-state index in [1.807, 2.05) is 6.92 Å². The van der Waals surface area contributed by atoms with Crippen molar-refractivity contribution in [1.82, 2.24) is 0 Å². The number of hydrogen-bond donors (Lipinski definition) is 0. The topological polar surface area (TPSA) is 17.1 Å². The maximum absolute atomic E-state index is 14.0. The molecule has 0 aliphatic heterocycles. The summed E-state index contributed by atoms with van der Waals surface area (Å²) in [7, 11) is 0. The van der Waals surface area contributed by atoms with Crippen LogP contribution in [0.4, 0.5) is 4.39 Å². The second kappa shape index (κ2) is 5.14. The monoisotopic (exact) mass is 276 g/mol. The Balaban J connectivity index is 2.53. The van der Waals surface area contributed by atoms with Crippen molar-refractivity contribution in [1.29, 1.82) is 0 Å². The van der Waals surface area contributed by atoms with E-state index in [1.54, 1.807) is 38.1 Å². The summed E-state index contributed by atoms with van der Waals surface area (Å²) in [5.41, 5.74) is 2.85. The first-order chi connectivity index (χ1) is 8.90. The average molecular weight is 277 g/mol. The van der Waals surface area contributed by atoms with E-state index in [0.29, 0.717) is 16.1 Å². The van der Waals surface area contributed by atoms with Crippen LogP contribution in [0.5, 0.6) is 0 Å². The molecule has 3 heteroatoms. The first-order valence-electron chi connectivity index (χ1n) is 5.97. The molecule has 0 amide bonds. The van der Waals surface area contributed by atoms with Crippen molar-refractivity contribution in [3.63, 3.8) is 0 Å². The molecular weight excluding hydrogens is 263 g/mol. The number of aryl methyl sites for hydroxylation is 3. The molecule has 19 heavy (non-hydrogen) atoms. The van der Waals surface area contributed by atoms with Crippen LogP contribution in [0.15, 0.2) is 30.3 Å². The third-order valence-corrected chi connectivity index (χ3v) is 3.50. The minimum Gasteiger partial charge on any atom is -0.288 e. The molecule has 0 aliphatic carbocycles. The predicted octanol–water partition coefficient (Wildman–Crippen LogP) is 4.64. The van der Waals surface area contributed by atoms with Gasteiger partial charge in [-0.05, 0) is 49.6 Å². The standard InChI is InChI=1S/C16H14ClFO/c1-9-6-11(3)15(14(18)7-9)16(19)12-5-4-10(2)13(17)8-12/h4-8H,1-3H3. The number of benzene rings is 2. The molecule has 0 aromatic heterocycles. The quantitative estimate of drug-likeness (QED) is 0.731. The van der Waals surface area contributed by atoms with Crippen molar-refractivity contribution in [2.45, 2.75) is 20.8 Å². The van der Waals surface area contributed by atoms with E-state index >= 15 is 0 Å². The highest BCUT2D eigenvalue weighted by atomic mass is 35.5. The molecule has 1 nitrogen and oxygen atoms in total. The van der Waals surface area contributed by atoms with Gasteiger partial charge in [-0.3, -0.25) is 4.79 Å². The number of halogens is 2. The van der Waals surface area contributed by atoms with Gasteiger partial charge < -0.3 is 0 Å². The van der Waals surface area contributed by atoms with Crippen molar-refractivity contribution in [3.8, 4) is 0 Å². The van der Waals surface area contributed by atoms with Gasteiger partial charge in [0.15, 0.2) is 5.78 Å². The summed E-state index contributed by atoms with van der Waals surface area (Å²) in [5.74, 6) is -0.823. The van der Waals surface area contributed by atoms with Crippen LogP contribution < -0.4 is 0 Å². The Hall–Kier alpha value is -1.67. The van der Waals surface area contributed by atoms with Gasteiger partial charge in [0.05, 0.1) is 5.56 Å². The lowest BCUT2D eigenvalue weighted by Gasteiger charge is -2.09. The number of ketones is 1. The largest absolute Gasteiger partial charge is 0.288 e. The Bertz CT molecular complexity index is 639. The lowest BCUT2D eigenvalue weighted by molar-refractivity contribution is 0.103. The molecule has 0 fully saturated rings. The Morgan fingerprint density at radius 3 is 2.32 bits per heavy atom. The van der Waals surface area contributed by atoms with E-state index in [4.69, 9.17) is 11.6 Å². The maximum Gasteiger partial charge on any atom is 0.196 e. The zero-order valence-electron chi connectivity index (χ0n) is 11.1. The highest BCUT2D eigenvalue weighted by Crippen LogP contribution is 2.23. The Labute approximate surface area is 117 Å². The molecule has 0 aliphatic rings. The molecule has 0 N–H and O–H groups in total. The van der Waals surface area contributed by atoms with Crippen molar-refractivity contribution in [2.24, 2.45) is 0 Å². The van der Waals surface area contributed by atoms with E-state index in [0.717, 1.165) is 11.1 Å². The van der Waals surface area contributed by atoms with E-state index < -0.39 is 5.82 Å². The normalized spacial score (nSPS) is 10.6. The molecule has 2 aromatic carbocycles. The summed E-state index contributed by atoms with van der Waals surface area (Å²) in [6.45, 7) is 5.39. The number of hydrogen-bond acceptors (Lipinski definition) is 1. The Morgan fingerprint density at radius 2 is 1.74 bits per heavy atom. The van der Waals surface area contributed by atoms with Crippen LogP contribution in [0.1, 0.15) is 32.6 Å². The van der Waals surface area contributed by atoms with Crippen molar-refractivity contribution in [2.75, 3.05) is 0 Å². The van der Waals surface area contributed by atoms with Gasteiger partial charge in [0.1, 0.15) is 5.82 Å². The molecule has 0 spiro atoms. The second-order valence-electron chi connectivity index (χ2n) is 4.73. The van der Waals surface area contributed by atoms with Crippen molar-refractivity contribution in [3.05, 3.63) is 69.0 Å². The zero-order chi connectivity index (χ0) is 14.2. The molecule has 0 bridgehead atoms. The van der Waals surface area contributed by atoms with Crippen LogP contribution in [0.25, 0.3) is 0 Å². The Morgan fingerprint density at radius 1 is 1.05 bits per heavy atom. The molecule has 0 saturated heterocycles. The van der Waals surface area contributed by atoms with E-state index in [1.165, 1.54) is 6.07 Å². The molecular formula is C16H14ClFO. The van der Waals surface area contributed by atoms with E-state index in [9.17, 15) is 9.18 Å². The highest BCUT2D eigenvalue weighted by molar-refractivity contribution is 6.31. The summed E-state index contributed by atoms with van der Waals surface area (Å²) in [4.78, 5) is 12.4. The van der Waals surface area contributed by atoms with Gasteiger partial charge >= 0.3 is 0 Å². The third kappa shape index (κ3) is 2.69. The van der Waals surface area contributed by atoms with Crippen molar-refractivity contribution < 1.29 is 9.18 Å².